The molecule has 7 aromatic carbocycles. The molecular formula is C45H27N3OS. The fourth-order valence-corrected chi connectivity index (χ4v) is 8.16. The van der Waals surface area contributed by atoms with Gasteiger partial charge in [0.25, 0.3) is 0 Å². The molecule has 0 spiro atoms. The lowest BCUT2D eigenvalue weighted by Crippen LogP contribution is -2.00. The Hall–Kier alpha value is -6.43. The number of thiophene rings is 1. The van der Waals surface area contributed by atoms with Crippen LogP contribution >= 0.6 is 11.3 Å². The zero-order chi connectivity index (χ0) is 33.0. The molecule has 0 radical (unpaired) electrons. The first-order valence-corrected chi connectivity index (χ1v) is 17.4. The summed E-state index contributed by atoms with van der Waals surface area (Å²) in [6.07, 6.45) is 0. The second kappa shape index (κ2) is 11.6. The molecule has 50 heavy (non-hydrogen) atoms. The van der Waals surface area contributed by atoms with Gasteiger partial charge in [-0.15, -0.1) is 11.3 Å². The van der Waals surface area contributed by atoms with Crippen molar-refractivity contribution in [2.75, 3.05) is 0 Å². The van der Waals surface area contributed by atoms with E-state index < -0.39 is 0 Å². The van der Waals surface area contributed by atoms with E-state index >= 15 is 0 Å². The first kappa shape index (κ1) is 28.6. The maximum atomic E-state index is 6.64. The number of benzene rings is 7. The van der Waals surface area contributed by atoms with Crippen LogP contribution in [0.4, 0.5) is 0 Å². The number of nitrogens with zero attached hydrogens (tertiary/aromatic N) is 3. The number of hydrogen-bond donors (Lipinski definition) is 0. The van der Waals surface area contributed by atoms with Crippen LogP contribution in [0.15, 0.2) is 168 Å². The minimum absolute atomic E-state index is 0.612. The summed E-state index contributed by atoms with van der Waals surface area (Å²) in [6, 6.07) is 56.7. The molecule has 0 aliphatic carbocycles. The molecule has 0 saturated carbocycles. The van der Waals surface area contributed by atoms with Crippen LogP contribution in [0.3, 0.4) is 0 Å². The van der Waals surface area contributed by atoms with Crippen LogP contribution in [0.5, 0.6) is 0 Å². The molecule has 234 valence electrons. The van der Waals surface area contributed by atoms with E-state index in [4.69, 9.17) is 19.4 Å². The maximum absolute atomic E-state index is 6.64. The Morgan fingerprint density at radius 1 is 0.380 bits per heavy atom. The van der Waals surface area contributed by atoms with Gasteiger partial charge < -0.3 is 4.42 Å². The fourth-order valence-electron chi connectivity index (χ4n) is 6.93. The topological polar surface area (TPSA) is 51.8 Å². The van der Waals surface area contributed by atoms with Gasteiger partial charge in [-0.1, -0.05) is 133 Å². The highest BCUT2D eigenvalue weighted by Gasteiger charge is 2.18. The van der Waals surface area contributed by atoms with Crippen molar-refractivity contribution in [1.82, 2.24) is 15.0 Å². The van der Waals surface area contributed by atoms with E-state index in [1.807, 2.05) is 59.9 Å². The van der Waals surface area contributed by atoms with Crippen molar-refractivity contribution >= 4 is 53.4 Å². The lowest BCUT2D eigenvalue weighted by atomic mass is 10.00. The van der Waals surface area contributed by atoms with Gasteiger partial charge in [-0.25, -0.2) is 15.0 Å². The molecule has 0 bridgehead atoms. The van der Waals surface area contributed by atoms with Crippen LogP contribution in [0.25, 0.3) is 98.5 Å². The Bertz CT molecular complexity index is 2870. The molecule has 0 unspecified atom stereocenters. The van der Waals surface area contributed by atoms with Crippen LogP contribution in [0.2, 0.25) is 0 Å². The highest BCUT2D eigenvalue weighted by atomic mass is 32.1. The molecule has 4 nitrogen and oxygen atoms in total. The third kappa shape index (κ3) is 4.79. The van der Waals surface area contributed by atoms with Crippen LogP contribution in [-0.2, 0) is 0 Å². The largest absolute Gasteiger partial charge is 0.455 e. The summed E-state index contributed by atoms with van der Waals surface area (Å²) >= 11 is 1.83. The number of hydrogen-bond acceptors (Lipinski definition) is 5. The number of para-hydroxylation sites is 1. The van der Waals surface area contributed by atoms with E-state index in [9.17, 15) is 0 Å². The zero-order valence-electron chi connectivity index (χ0n) is 26.7. The van der Waals surface area contributed by atoms with Crippen LogP contribution < -0.4 is 0 Å². The van der Waals surface area contributed by atoms with Gasteiger partial charge in [-0.3, -0.25) is 0 Å². The normalized spacial score (nSPS) is 11.6. The maximum Gasteiger partial charge on any atom is 0.164 e. The SMILES string of the molecule is c1ccc(-c2cccc(-c3nc(-c4ccccc4)nc(-c4ccc5oc6c(-c7cccc8c7sc7ccccc78)cccc6c5c4)n3)c2)cc1. The average molecular weight is 658 g/mol. The van der Waals surface area contributed by atoms with Crippen LogP contribution in [0, 0.1) is 0 Å². The van der Waals surface area contributed by atoms with Gasteiger partial charge in [-0.2, -0.15) is 0 Å². The van der Waals surface area contributed by atoms with Crippen molar-refractivity contribution in [3.05, 3.63) is 164 Å². The highest BCUT2D eigenvalue weighted by Crippen LogP contribution is 2.43. The third-order valence-electron chi connectivity index (χ3n) is 9.34. The van der Waals surface area contributed by atoms with Crippen molar-refractivity contribution in [2.45, 2.75) is 0 Å². The van der Waals surface area contributed by atoms with E-state index in [0.717, 1.165) is 55.3 Å². The molecule has 0 fully saturated rings. The Morgan fingerprint density at radius 2 is 0.960 bits per heavy atom. The van der Waals surface area contributed by atoms with E-state index in [0.29, 0.717) is 17.5 Å². The van der Waals surface area contributed by atoms with Gasteiger partial charge in [0.15, 0.2) is 17.5 Å². The fraction of sp³-hybridized carbons (Fsp3) is 0. The Labute approximate surface area is 292 Å². The van der Waals surface area contributed by atoms with Crippen LogP contribution in [-0.4, -0.2) is 15.0 Å². The number of rotatable bonds is 5. The first-order chi connectivity index (χ1) is 24.8. The highest BCUT2D eigenvalue weighted by molar-refractivity contribution is 7.26. The summed E-state index contributed by atoms with van der Waals surface area (Å²) in [6.45, 7) is 0. The zero-order valence-corrected chi connectivity index (χ0v) is 27.6. The van der Waals surface area contributed by atoms with Crippen molar-refractivity contribution in [1.29, 1.82) is 0 Å². The summed E-state index contributed by atoms with van der Waals surface area (Å²) in [4.78, 5) is 15.1. The second-order valence-electron chi connectivity index (χ2n) is 12.4. The predicted molar refractivity (Wildman–Crippen MR) is 207 cm³/mol. The minimum atomic E-state index is 0.612. The molecule has 0 N–H and O–H groups in total. The smallest absolute Gasteiger partial charge is 0.164 e. The molecule has 0 aliphatic rings. The molecule has 5 heteroatoms. The number of furan rings is 1. The van der Waals surface area contributed by atoms with Crippen molar-refractivity contribution < 1.29 is 4.42 Å². The van der Waals surface area contributed by atoms with Crippen molar-refractivity contribution in [3.63, 3.8) is 0 Å². The Balaban J connectivity index is 1.13. The molecule has 10 aromatic rings. The molecule has 0 amide bonds. The monoisotopic (exact) mass is 657 g/mol. The molecule has 0 atom stereocenters. The van der Waals surface area contributed by atoms with Gasteiger partial charge >= 0.3 is 0 Å². The van der Waals surface area contributed by atoms with E-state index in [1.165, 1.54) is 25.7 Å². The third-order valence-corrected chi connectivity index (χ3v) is 10.6. The molecular weight excluding hydrogens is 631 g/mol. The summed E-state index contributed by atoms with van der Waals surface area (Å²) < 4.78 is 9.20. The average Bonchev–Trinajstić information content (AvgIpc) is 3.77. The standard InChI is InChI=1S/C45H27N3OS/c1-3-12-28(13-4-1)30-16-9-17-31(26-30)44-46-43(29-14-5-2-6-15-29)47-45(48-44)32-24-25-39-38(27-32)35-20-10-19-34(41(35)49-39)37-22-11-21-36-33-18-7-8-23-40(33)50-42(36)37/h1-27H. The Kier molecular flexibility index (Phi) is 6.64. The predicted octanol–water partition coefficient (Wildman–Crippen LogP) is 12.5. The lowest BCUT2D eigenvalue weighted by Gasteiger charge is -2.10. The van der Waals surface area contributed by atoms with Crippen molar-refractivity contribution in [3.8, 4) is 56.4 Å². The van der Waals surface area contributed by atoms with Crippen molar-refractivity contribution in [2.24, 2.45) is 0 Å². The quantitative estimate of drug-likeness (QED) is 0.185. The minimum Gasteiger partial charge on any atom is -0.455 e. The van der Waals surface area contributed by atoms with E-state index in [-0.39, 0.29) is 0 Å². The molecule has 10 rings (SSSR count). The summed E-state index contributed by atoms with van der Waals surface area (Å²) in [5.74, 6) is 1.87. The molecule has 3 aromatic heterocycles. The molecule has 3 heterocycles. The summed E-state index contributed by atoms with van der Waals surface area (Å²) in [5, 5.41) is 4.64. The summed E-state index contributed by atoms with van der Waals surface area (Å²) in [5.41, 5.74) is 9.00. The van der Waals surface area contributed by atoms with Gasteiger partial charge in [0.1, 0.15) is 11.2 Å². The van der Waals surface area contributed by atoms with Gasteiger partial charge in [0.2, 0.25) is 0 Å². The van der Waals surface area contributed by atoms with E-state index in [1.54, 1.807) is 0 Å². The lowest BCUT2D eigenvalue weighted by molar-refractivity contribution is 0.670. The Morgan fingerprint density at radius 3 is 1.76 bits per heavy atom. The van der Waals surface area contributed by atoms with Gasteiger partial charge in [0, 0.05) is 58.8 Å². The number of fused-ring (bicyclic) bond motifs is 6. The van der Waals surface area contributed by atoms with E-state index in [2.05, 4.69) is 115 Å². The summed E-state index contributed by atoms with van der Waals surface area (Å²) in [7, 11) is 0. The second-order valence-corrected chi connectivity index (χ2v) is 13.4. The van der Waals surface area contributed by atoms with Gasteiger partial charge in [-0.05, 0) is 41.5 Å². The van der Waals surface area contributed by atoms with Gasteiger partial charge in [0.05, 0.1) is 0 Å². The van der Waals surface area contributed by atoms with Crippen LogP contribution in [0.1, 0.15) is 0 Å². The molecule has 0 saturated heterocycles. The number of aromatic nitrogens is 3. The molecule has 0 aliphatic heterocycles. The first-order valence-electron chi connectivity index (χ1n) is 16.6.